The summed E-state index contributed by atoms with van der Waals surface area (Å²) in [6.07, 6.45) is 2.10. The van der Waals surface area contributed by atoms with Crippen molar-refractivity contribution in [3.05, 3.63) is 127 Å². The average Bonchev–Trinajstić information content (AvgIpc) is 3.39. The van der Waals surface area contributed by atoms with Crippen LogP contribution in [-0.2, 0) is 26.2 Å². The molecule has 0 bridgehead atoms. The minimum Gasteiger partial charge on any atom is -1.00 e. The number of hydrogen-bond acceptors (Lipinski definition) is 0. The fourth-order valence-electron chi connectivity index (χ4n) is 2.84. The van der Waals surface area contributed by atoms with E-state index >= 15 is 0 Å². The van der Waals surface area contributed by atoms with Crippen molar-refractivity contribution in [2.45, 2.75) is 0 Å². The van der Waals surface area contributed by atoms with Gasteiger partial charge in [-0.05, 0) is 5.56 Å². The first-order valence-corrected chi connectivity index (χ1v) is 9.90. The van der Waals surface area contributed by atoms with Gasteiger partial charge >= 0.3 is 26.2 Å². The molecule has 0 nitrogen and oxygen atoms in total. The Labute approximate surface area is 214 Å². The Bertz CT molecular complexity index is 971. The van der Waals surface area contributed by atoms with Crippen molar-refractivity contribution in [3.8, 4) is 0 Å². The molecule has 0 amide bonds. The van der Waals surface area contributed by atoms with Gasteiger partial charge in [-0.2, -0.15) is 35.0 Å². The van der Waals surface area contributed by atoms with Crippen molar-refractivity contribution in [2.75, 3.05) is 0 Å². The van der Waals surface area contributed by atoms with E-state index in [0.717, 1.165) is 0 Å². The molecule has 149 valence electrons. The van der Waals surface area contributed by atoms with E-state index in [2.05, 4.69) is 109 Å². The Hall–Kier alpha value is -1.70. The van der Waals surface area contributed by atoms with E-state index in [9.17, 15) is 0 Å². The molecule has 0 aliphatic carbocycles. The van der Waals surface area contributed by atoms with Gasteiger partial charge in [0.15, 0.2) is 0 Å². The van der Waals surface area contributed by atoms with Crippen LogP contribution in [0.3, 0.4) is 0 Å². The second-order valence-electron chi connectivity index (χ2n) is 6.12. The third-order valence-corrected chi connectivity index (χ3v) is 4.44. The van der Waals surface area contributed by atoms with Gasteiger partial charge in [0.25, 0.3) is 0 Å². The number of rotatable bonds is 1. The van der Waals surface area contributed by atoms with Crippen LogP contribution in [0.2, 0.25) is 0 Å². The molecule has 0 saturated carbocycles. The normalized spacial score (nSPS) is 9.23. The summed E-state index contributed by atoms with van der Waals surface area (Å²) in [5.41, 5.74) is 3.34. The Kier molecular flexibility index (Phi) is 15.1. The Morgan fingerprint density at radius 1 is 0.567 bits per heavy atom. The molecule has 0 fully saturated rings. The summed E-state index contributed by atoms with van der Waals surface area (Å²) in [5.74, 6) is 0. The van der Waals surface area contributed by atoms with Gasteiger partial charge in [0.2, 0.25) is 0 Å². The second-order valence-corrected chi connectivity index (χ2v) is 6.59. The van der Waals surface area contributed by atoms with Crippen LogP contribution < -0.4 is 24.8 Å². The third-order valence-electron chi connectivity index (χ3n) is 4.21. The van der Waals surface area contributed by atoms with Crippen LogP contribution in [0.25, 0.3) is 27.6 Å². The van der Waals surface area contributed by atoms with E-state index in [0.29, 0.717) is 0 Å². The molecule has 5 rings (SSSR count). The molecule has 5 aromatic carbocycles. The molecule has 0 aromatic heterocycles. The molecule has 0 atom stereocenters. The average molecular weight is 526 g/mol. The van der Waals surface area contributed by atoms with E-state index in [-0.39, 0.29) is 51.0 Å². The van der Waals surface area contributed by atoms with Crippen molar-refractivity contribution in [2.24, 2.45) is 0 Å². The zero-order chi connectivity index (χ0) is 18.7. The predicted molar refractivity (Wildman–Crippen MR) is 123 cm³/mol. The fourth-order valence-corrected chi connectivity index (χ4v) is 3.11. The van der Waals surface area contributed by atoms with Gasteiger partial charge in [-0.25, -0.2) is 0 Å². The van der Waals surface area contributed by atoms with Crippen molar-refractivity contribution < 1.29 is 51.0 Å². The Morgan fingerprint density at radius 2 is 1.00 bits per heavy atom. The van der Waals surface area contributed by atoms with Crippen LogP contribution in [0, 0.1) is 0 Å². The molecule has 4 heteroatoms. The molecule has 0 unspecified atom stereocenters. The Balaban J connectivity index is 0.000000400. The zero-order valence-corrected chi connectivity index (χ0v) is 22.0. The summed E-state index contributed by atoms with van der Waals surface area (Å²) in [6, 6.07) is 39.6. The van der Waals surface area contributed by atoms with E-state index in [4.69, 9.17) is 0 Å². The number of fused-ring (bicyclic) bond motifs is 2. The fraction of sp³-hybridized carbons (Fsp3) is 0. The van der Waals surface area contributed by atoms with E-state index in [1.54, 1.807) is 0 Å². The predicted octanol–water partition coefficient (Wildman–Crippen LogP) is 0.413. The molecule has 0 heterocycles. The van der Waals surface area contributed by atoms with Gasteiger partial charge < -0.3 is 24.8 Å². The topological polar surface area (TPSA) is 0 Å². The van der Waals surface area contributed by atoms with Gasteiger partial charge in [0, 0.05) is 10.2 Å². The van der Waals surface area contributed by atoms with Gasteiger partial charge in [0.1, 0.15) is 0 Å². The molecular weight excluding hydrogens is 503 g/mol. The Morgan fingerprint density at radius 3 is 1.43 bits per heavy atom. The molecule has 0 saturated heterocycles. The van der Waals surface area contributed by atoms with Gasteiger partial charge in [-0.15, -0.1) is 65.0 Å². The molecule has 5 aromatic rings. The SMILES string of the molecule is [Cl-].[Cl-].[SiH2]C=Cc1ccccc1.[Zr+4].c1ccc2[cH-]ccc2c1.c1ccc2[cH-]ccc2c1. The molecule has 30 heavy (non-hydrogen) atoms. The number of hydrogen-bond donors (Lipinski definition) is 0. The van der Waals surface area contributed by atoms with Gasteiger partial charge in [0.05, 0.1) is 0 Å². The van der Waals surface area contributed by atoms with Crippen LogP contribution in [-0.4, -0.2) is 10.2 Å². The van der Waals surface area contributed by atoms with Crippen molar-refractivity contribution in [1.82, 2.24) is 0 Å². The van der Waals surface area contributed by atoms with Crippen molar-refractivity contribution in [1.29, 1.82) is 0 Å². The summed E-state index contributed by atoms with van der Waals surface area (Å²) in [7, 11) is 1.85. The van der Waals surface area contributed by atoms with E-state index in [1.807, 2.05) is 28.4 Å². The first-order chi connectivity index (χ1) is 13.4. The molecule has 0 N–H and O–H groups in total. The first kappa shape index (κ1) is 28.3. The maximum absolute atomic E-state index is 2.12. The quantitative estimate of drug-likeness (QED) is 0.220. The first-order valence-electron chi connectivity index (χ1n) is 9.08. The summed E-state index contributed by atoms with van der Waals surface area (Å²) in [4.78, 5) is 0. The second kappa shape index (κ2) is 16.1. The summed E-state index contributed by atoms with van der Waals surface area (Å²) in [6.45, 7) is 0. The largest absolute Gasteiger partial charge is 4.00 e. The molecule has 1 radical (unpaired) electrons. The van der Waals surface area contributed by atoms with Gasteiger partial charge in [-0.3, -0.25) is 0 Å². The standard InChI is InChI=1S/2C9H7.C8H9Si.2ClH.Zr/c2*1-2-5-9-7-3-6-8(9)4-1;9-7-6-8-4-2-1-3-5-8;;;/h2*1-7H;1-7H,9H2;2*1H;/q2*-1;;;;+4/p-2. The molecule has 0 aliphatic rings. The molecule has 0 aliphatic heterocycles. The monoisotopic (exact) mass is 523 g/mol. The van der Waals surface area contributed by atoms with E-state index in [1.165, 1.54) is 27.1 Å². The third kappa shape index (κ3) is 8.98. The minimum absolute atomic E-state index is 0. The maximum Gasteiger partial charge on any atom is 4.00 e. The molecule has 0 spiro atoms. The molecular formula is C26H23Cl2SiZr. The van der Waals surface area contributed by atoms with Gasteiger partial charge in [-0.1, -0.05) is 48.5 Å². The maximum atomic E-state index is 2.12. The van der Waals surface area contributed by atoms with Crippen LogP contribution in [0.5, 0.6) is 0 Å². The van der Waals surface area contributed by atoms with E-state index < -0.39 is 0 Å². The summed E-state index contributed by atoms with van der Waals surface area (Å²) >= 11 is 0. The smallest absolute Gasteiger partial charge is 1.00 e. The van der Waals surface area contributed by atoms with Crippen molar-refractivity contribution >= 4 is 37.9 Å². The number of halogens is 2. The van der Waals surface area contributed by atoms with Crippen LogP contribution in [0.1, 0.15) is 5.56 Å². The zero-order valence-electron chi connectivity index (χ0n) is 16.6. The summed E-state index contributed by atoms with van der Waals surface area (Å²) in [5, 5.41) is 5.32. The number of benzene rings is 3. The van der Waals surface area contributed by atoms with Crippen molar-refractivity contribution in [3.63, 3.8) is 0 Å². The van der Waals surface area contributed by atoms with Crippen LogP contribution >= 0.6 is 0 Å². The minimum atomic E-state index is 0. The van der Waals surface area contributed by atoms with Crippen LogP contribution in [0.15, 0.2) is 121 Å². The summed E-state index contributed by atoms with van der Waals surface area (Å²) < 4.78 is 0. The van der Waals surface area contributed by atoms with Crippen LogP contribution in [0.4, 0.5) is 0 Å².